The maximum absolute atomic E-state index is 2.44. The highest BCUT2D eigenvalue weighted by molar-refractivity contribution is 7.72. The fourth-order valence-corrected chi connectivity index (χ4v) is 15.9. The molecule has 0 radical (unpaired) electrons. The summed E-state index contributed by atoms with van der Waals surface area (Å²) in [6.45, 7) is 0. The standard InChI is InChI=1S/C28H33P3/c1-4-12-24(13-5-1)29(22-27-18-10-20-30(27)25-14-6-2-7-15-25)23-28-19-11-21-31(28)26-16-8-3-9-17-26/h1-9,12-17,27-28H,10-11,18-23H2/t27-,28-,29?,30?,31?/m1/s1. The molecule has 2 aliphatic rings. The van der Waals surface area contributed by atoms with E-state index >= 15 is 0 Å². The van der Waals surface area contributed by atoms with Crippen molar-refractivity contribution in [1.82, 2.24) is 0 Å². The van der Waals surface area contributed by atoms with E-state index in [4.69, 9.17) is 0 Å². The molecule has 0 bridgehead atoms. The van der Waals surface area contributed by atoms with Gasteiger partial charge in [-0.05, 0) is 77.6 Å². The zero-order chi connectivity index (χ0) is 20.9. The number of hydrogen-bond acceptors (Lipinski definition) is 0. The summed E-state index contributed by atoms with van der Waals surface area (Å²) in [5.74, 6) is 0. The largest absolute Gasteiger partial charge is 0.0740 e. The van der Waals surface area contributed by atoms with Gasteiger partial charge in [0.2, 0.25) is 0 Å². The summed E-state index contributed by atoms with van der Waals surface area (Å²) in [5, 5.41) is 4.95. The Morgan fingerprint density at radius 2 is 1.00 bits per heavy atom. The van der Waals surface area contributed by atoms with Crippen molar-refractivity contribution in [3.05, 3.63) is 91.0 Å². The Morgan fingerprint density at radius 1 is 0.581 bits per heavy atom. The van der Waals surface area contributed by atoms with Crippen molar-refractivity contribution in [1.29, 1.82) is 0 Å². The van der Waals surface area contributed by atoms with Crippen molar-refractivity contribution >= 4 is 39.7 Å². The van der Waals surface area contributed by atoms with Gasteiger partial charge in [0.25, 0.3) is 0 Å². The van der Waals surface area contributed by atoms with Crippen LogP contribution < -0.4 is 15.9 Å². The first-order chi connectivity index (χ1) is 15.4. The summed E-state index contributed by atoms with van der Waals surface area (Å²) in [5.41, 5.74) is 1.85. The van der Waals surface area contributed by atoms with Crippen molar-refractivity contribution in [3.63, 3.8) is 0 Å². The fraction of sp³-hybridized carbons (Fsp3) is 0.357. The summed E-state index contributed by atoms with van der Waals surface area (Å²) in [6, 6.07) is 34.6. The van der Waals surface area contributed by atoms with Gasteiger partial charge in [-0.3, -0.25) is 0 Å². The maximum atomic E-state index is 2.44. The van der Waals surface area contributed by atoms with Crippen LogP contribution in [0.2, 0.25) is 0 Å². The average Bonchev–Trinajstić information content (AvgIpc) is 3.50. The molecule has 0 aromatic heterocycles. The second-order valence-corrected chi connectivity index (χ2v) is 16.5. The highest BCUT2D eigenvalue weighted by Gasteiger charge is 2.34. The molecule has 160 valence electrons. The Bertz CT molecular complexity index is 869. The molecule has 0 N–H and O–H groups in total. The molecule has 3 aromatic rings. The molecule has 0 aliphatic carbocycles. The third-order valence-corrected chi connectivity index (χ3v) is 16.4. The predicted molar refractivity (Wildman–Crippen MR) is 144 cm³/mol. The van der Waals surface area contributed by atoms with Crippen LogP contribution in [0.25, 0.3) is 0 Å². The molecule has 4 atom stereocenters. The van der Waals surface area contributed by atoms with Gasteiger partial charge >= 0.3 is 0 Å². The molecule has 31 heavy (non-hydrogen) atoms. The molecule has 0 nitrogen and oxygen atoms in total. The Morgan fingerprint density at radius 3 is 1.45 bits per heavy atom. The molecular formula is C28H33P3. The maximum Gasteiger partial charge on any atom is -0.0126 e. The SMILES string of the molecule is c1ccc(P(C[C@H]2CCCP2c2ccccc2)C[C@H]2CCCP2c2ccccc2)cc1. The first kappa shape index (κ1) is 21.8. The Labute approximate surface area is 192 Å². The zero-order valence-corrected chi connectivity index (χ0v) is 21.0. The molecule has 3 aromatic carbocycles. The highest BCUT2D eigenvalue weighted by Crippen LogP contribution is 2.57. The van der Waals surface area contributed by atoms with Crippen molar-refractivity contribution in [3.8, 4) is 0 Å². The first-order valence-corrected chi connectivity index (χ1v) is 16.7. The summed E-state index contributed by atoms with van der Waals surface area (Å²) in [4.78, 5) is 0. The summed E-state index contributed by atoms with van der Waals surface area (Å²) >= 11 is 0. The zero-order valence-electron chi connectivity index (χ0n) is 18.3. The van der Waals surface area contributed by atoms with Gasteiger partial charge in [0.05, 0.1) is 0 Å². The summed E-state index contributed by atoms with van der Waals surface area (Å²) in [7, 11) is -0.0350. The third-order valence-electron chi connectivity index (χ3n) is 6.91. The lowest BCUT2D eigenvalue weighted by atomic mass is 10.3. The fourth-order valence-electron chi connectivity index (χ4n) is 5.40. The van der Waals surface area contributed by atoms with Gasteiger partial charge in [-0.2, -0.15) is 0 Å². The summed E-state index contributed by atoms with van der Waals surface area (Å²) < 4.78 is 0. The Hall–Kier alpha value is -1.05. The van der Waals surface area contributed by atoms with Gasteiger partial charge in [-0.1, -0.05) is 115 Å². The molecular weight excluding hydrogens is 429 g/mol. The number of hydrogen-bond donors (Lipinski definition) is 0. The highest BCUT2D eigenvalue weighted by atomic mass is 31.1. The Kier molecular flexibility index (Phi) is 7.52. The smallest absolute Gasteiger partial charge is 0.0126 e. The van der Waals surface area contributed by atoms with E-state index in [0.29, 0.717) is 0 Å². The molecule has 3 heteroatoms. The van der Waals surface area contributed by atoms with Crippen LogP contribution in [0.5, 0.6) is 0 Å². The van der Waals surface area contributed by atoms with Gasteiger partial charge < -0.3 is 0 Å². The van der Waals surface area contributed by atoms with Crippen LogP contribution in [0, 0.1) is 0 Å². The molecule has 2 unspecified atom stereocenters. The third kappa shape index (κ3) is 5.31. The first-order valence-electron chi connectivity index (χ1n) is 11.8. The molecule has 2 fully saturated rings. The normalized spacial score (nSPS) is 26.7. The lowest BCUT2D eigenvalue weighted by Crippen LogP contribution is -2.22. The minimum atomic E-state index is -0.0794. The van der Waals surface area contributed by atoms with Crippen molar-refractivity contribution < 1.29 is 0 Å². The van der Waals surface area contributed by atoms with E-state index in [9.17, 15) is 0 Å². The van der Waals surface area contributed by atoms with Crippen LogP contribution in [0.1, 0.15) is 25.7 Å². The summed E-state index contributed by atoms with van der Waals surface area (Å²) in [6.07, 6.45) is 11.6. The molecule has 0 saturated carbocycles. The lowest BCUT2D eigenvalue weighted by molar-refractivity contribution is 0.827. The minimum Gasteiger partial charge on any atom is -0.0740 e. The van der Waals surface area contributed by atoms with E-state index < -0.39 is 0 Å². The van der Waals surface area contributed by atoms with E-state index in [1.165, 1.54) is 50.3 Å². The molecule has 2 heterocycles. The minimum absolute atomic E-state index is 0.0222. The second-order valence-electron chi connectivity index (χ2n) is 8.89. The van der Waals surface area contributed by atoms with E-state index in [-0.39, 0.29) is 23.8 Å². The van der Waals surface area contributed by atoms with Crippen molar-refractivity contribution in [2.75, 3.05) is 24.6 Å². The van der Waals surface area contributed by atoms with Crippen LogP contribution in [0.3, 0.4) is 0 Å². The molecule has 0 amide bonds. The van der Waals surface area contributed by atoms with Crippen LogP contribution in [0.15, 0.2) is 91.0 Å². The van der Waals surface area contributed by atoms with Gasteiger partial charge in [-0.15, -0.1) is 0 Å². The quantitative estimate of drug-likeness (QED) is 0.342. The van der Waals surface area contributed by atoms with Crippen LogP contribution in [0.4, 0.5) is 0 Å². The second kappa shape index (κ2) is 10.7. The van der Waals surface area contributed by atoms with E-state index in [0.717, 1.165) is 11.3 Å². The molecule has 0 spiro atoms. The van der Waals surface area contributed by atoms with Crippen LogP contribution in [-0.2, 0) is 0 Å². The van der Waals surface area contributed by atoms with Crippen molar-refractivity contribution in [2.45, 2.75) is 37.0 Å². The monoisotopic (exact) mass is 462 g/mol. The lowest BCUT2D eigenvalue weighted by Gasteiger charge is -2.30. The van der Waals surface area contributed by atoms with Gasteiger partial charge in [-0.25, -0.2) is 0 Å². The number of rotatable bonds is 7. The van der Waals surface area contributed by atoms with Gasteiger partial charge in [0, 0.05) is 0 Å². The van der Waals surface area contributed by atoms with Crippen LogP contribution >= 0.6 is 23.8 Å². The van der Waals surface area contributed by atoms with Crippen LogP contribution in [-0.4, -0.2) is 36.0 Å². The number of benzene rings is 3. The van der Waals surface area contributed by atoms with E-state index in [1.54, 1.807) is 15.9 Å². The molecule has 2 aliphatic heterocycles. The molecule has 2 saturated heterocycles. The Balaban J connectivity index is 1.36. The van der Waals surface area contributed by atoms with E-state index in [2.05, 4.69) is 91.0 Å². The predicted octanol–water partition coefficient (Wildman–Crippen LogP) is 6.73. The topological polar surface area (TPSA) is 0 Å². The van der Waals surface area contributed by atoms with Crippen molar-refractivity contribution in [2.24, 2.45) is 0 Å². The van der Waals surface area contributed by atoms with Gasteiger partial charge in [0.15, 0.2) is 0 Å². The van der Waals surface area contributed by atoms with E-state index in [1.807, 2.05) is 0 Å². The van der Waals surface area contributed by atoms with Gasteiger partial charge in [0.1, 0.15) is 0 Å². The molecule has 5 rings (SSSR count). The average molecular weight is 462 g/mol.